The van der Waals surface area contributed by atoms with Crippen molar-refractivity contribution in [2.24, 2.45) is 0 Å². The van der Waals surface area contributed by atoms with Crippen LogP contribution in [-0.4, -0.2) is 21.8 Å². The highest BCUT2D eigenvalue weighted by molar-refractivity contribution is 8.00. The third-order valence-corrected chi connectivity index (χ3v) is 6.19. The number of aryl methyl sites for hydroxylation is 1. The van der Waals surface area contributed by atoms with Crippen LogP contribution in [0.3, 0.4) is 0 Å². The van der Waals surface area contributed by atoms with E-state index in [1.807, 2.05) is 30.5 Å². The lowest BCUT2D eigenvalue weighted by Gasteiger charge is -2.06. The van der Waals surface area contributed by atoms with Crippen molar-refractivity contribution in [2.75, 3.05) is 0 Å². The Balaban J connectivity index is 1.54. The minimum Gasteiger partial charge on any atom is -0.451 e. The van der Waals surface area contributed by atoms with Crippen molar-refractivity contribution < 1.29 is 14.0 Å². The number of nitrogens with zero attached hydrogens (tertiary/aromatic N) is 2. The molecule has 146 valence electrons. The van der Waals surface area contributed by atoms with Gasteiger partial charge in [0.2, 0.25) is 0 Å². The molecule has 29 heavy (non-hydrogen) atoms. The molecule has 0 unspecified atom stereocenters. The fraction of sp³-hybridized carbons (Fsp3) is 0.100. The van der Waals surface area contributed by atoms with Gasteiger partial charge in [-0.2, -0.15) is 0 Å². The van der Waals surface area contributed by atoms with Gasteiger partial charge >= 0.3 is 5.91 Å². The summed E-state index contributed by atoms with van der Waals surface area (Å²) < 4.78 is 6.70. The van der Waals surface area contributed by atoms with E-state index < -0.39 is 11.8 Å². The molecule has 0 aliphatic carbocycles. The molecule has 7 nitrogen and oxygen atoms in total. The van der Waals surface area contributed by atoms with E-state index in [-0.39, 0.29) is 11.5 Å². The second-order valence-corrected chi connectivity index (χ2v) is 8.15. The van der Waals surface area contributed by atoms with Gasteiger partial charge in [-0.25, -0.2) is 4.98 Å². The first-order chi connectivity index (χ1) is 14.1. The molecular formula is C20H16N4O3S2. The van der Waals surface area contributed by atoms with Gasteiger partial charge in [-0.3, -0.25) is 25.4 Å². The molecule has 3 heterocycles. The molecule has 4 rings (SSSR count). The predicted octanol–water partition coefficient (Wildman–Crippen LogP) is 3.96. The van der Waals surface area contributed by atoms with Gasteiger partial charge in [0.1, 0.15) is 15.6 Å². The molecule has 3 aromatic heterocycles. The highest BCUT2D eigenvalue weighted by Crippen LogP contribution is 2.33. The maximum atomic E-state index is 12.7. The Morgan fingerprint density at radius 3 is 2.66 bits per heavy atom. The topological polar surface area (TPSA) is 97.1 Å². The maximum absolute atomic E-state index is 12.7. The predicted molar refractivity (Wildman–Crippen MR) is 112 cm³/mol. The van der Waals surface area contributed by atoms with Gasteiger partial charge in [0, 0.05) is 34.0 Å². The lowest BCUT2D eigenvalue weighted by molar-refractivity contribution is 0.0829. The van der Waals surface area contributed by atoms with Crippen LogP contribution in [0, 0.1) is 6.92 Å². The van der Waals surface area contributed by atoms with Gasteiger partial charge in [-0.05, 0) is 25.1 Å². The minimum absolute atomic E-state index is 0.160. The number of benzene rings is 1. The summed E-state index contributed by atoms with van der Waals surface area (Å²) in [7, 11) is 0. The van der Waals surface area contributed by atoms with Crippen LogP contribution >= 0.6 is 23.1 Å². The monoisotopic (exact) mass is 424 g/mol. The van der Waals surface area contributed by atoms with Gasteiger partial charge in [-0.1, -0.05) is 36.0 Å². The maximum Gasteiger partial charge on any atom is 0.305 e. The van der Waals surface area contributed by atoms with Gasteiger partial charge in [0.15, 0.2) is 5.76 Å². The van der Waals surface area contributed by atoms with E-state index in [2.05, 4.69) is 20.8 Å². The van der Waals surface area contributed by atoms with E-state index in [4.69, 9.17) is 4.42 Å². The molecule has 0 spiro atoms. The van der Waals surface area contributed by atoms with Gasteiger partial charge in [0.05, 0.1) is 0 Å². The molecule has 0 fully saturated rings. The number of pyridine rings is 1. The highest BCUT2D eigenvalue weighted by atomic mass is 32.2. The zero-order valence-electron chi connectivity index (χ0n) is 15.3. The number of hydrogen-bond donors (Lipinski definition) is 2. The van der Waals surface area contributed by atoms with Crippen LogP contribution in [0.4, 0.5) is 0 Å². The molecule has 0 saturated heterocycles. The summed E-state index contributed by atoms with van der Waals surface area (Å²) in [5.74, 6) is -0.366. The number of rotatable bonds is 5. The summed E-state index contributed by atoms with van der Waals surface area (Å²) in [6.07, 6.45) is 1.51. The number of para-hydroxylation sites is 1. The van der Waals surface area contributed by atoms with E-state index in [1.54, 1.807) is 35.6 Å². The first kappa shape index (κ1) is 19.2. The Hall–Kier alpha value is -3.17. The third-order valence-electron chi connectivity index (χ3n) is 4.03. The minimum atomic E-state index is -0.531. The lowest BCUT2D eigenvalue weighted by atomic mass is 10.1. The van der Waals surface area contributed by atoms with Gasteiger partial charge in [-0.15, -0.1) is 11.3 Å². The molecule has 0 aliphatic heterocycles. The van der Waals surface area contributed by atoms with E-state index in [9.17, 15) is 9.59 Å². The summed E-state index contributed by atoms with van der Waals surface area (Å²) >= 11 is 3.10. The molecule has 2 amide bonds. The Bertz CT molecular complexity index is 1170. The number of hydrogen-bond acceptors (Lipinski definition) is 7. The largest absolute Gasteiger partial charge is 0.451 e. The number of furan rings is 1. The second-order valence-electron chi connectivity index (χ2n) is 6.07. The van der Waals surface area contributed by atoms with Crippen LogP contribution in [0.2, 0.25) is 0 Å². The molecule has 2 N–H and O–H groups in total. The quantitative estimate of drug-likeness (QED) is 0.372. The smallest absolute Gasteiger partial charge is 0.305 e. The number of thioether (sulfide) groups is 1. The molecule has 4 aromatic rings. The first-order valence-corrected chi connectivity index (χ1v) is 10.6. The zero-order chi connectivity index (χ0) is 20.2. The molecule has 0 radical (unpaired) electrons. The number of carbonyl (C=O) groups excluding carboxylic acids is 2. The summed E-state index contributed by atoms with van der Waals surface area (Å²) in [5.41, 5.74) is 7.30. The summed E-state index contributed by atoms with van der Waals surface area (Å²) in [5, 5.41) is 2.84. The average molecular weight is 425 g/mol. The van der Waals surface area contributed by atoms with Crippen molar-refractivity contribution in [2.45, 2.75) is 17.0 Å². The molecule has 0 bridgehead atoms. The molecule has 9 heteroatoms. The van der Waals surface area contributed by atoms with Crippen molar-refractivity contribution in [1.29, 1.82) is 0 Å². The molecule has 0 aliphatic rings. The number of thiazole rings is 1. The van der Waals surface area contributed by atoms with Gasteiger partial charge in [0.25, 0.3) is 5.91 Å². The van der Waals surface area contributed by atoms with Crippen molar-refractivity contribution in [3.05, 3.63) is 76.8 Å². The Morgan fingerprint density at radius 2 is 1.90 bits per heavy atom. The number of fused-ring (bicyclic) bond motifs is 1. The Morgan fingerprint density at radius 1 is 1.10 bits per heavy atom. The summed E-state index contributed by atoms with van der Waals surface area (Å²) in [4.78, 5) is 33.2. The molecule has 0 atom stereocenters. The van der Waals surface area contributed by atoms with E-state index in [1.165, 1.54) is 18.0 Å². The van der Waals surface area contributed by atoms with Crippen LogP contribution in [0.15, 0.2) is 62.8 Å². The van der Waals surface area contributed by atoms with E-state index in [0.717, 1.165) is 21.0 Å². The lowest BCUT2D eigenvalue weighted by Crippen LogP contribution is -2.42. The number of amides is 2. The fourth-order valence-corrected chi connectivity index (χ4v) is 4.57. The number of hydrazine groups is 1. The molecular weight excluding hydrogens is 408 g/mol. The Kier molecular flexibility index (Phi) is 5.59. The number of aromatic nitrogens is 2. The van der Waals surface area contributed by atoms with Crippen LogP contribution in [0.25, 0.3) is 11.0 Å². The highest BCUT2D eigenvalue weighted by Gasteiger charge is 2.21. The van der Waals surface area contributed by atoms with Crippen molar-refractivity contribution >= 4 is 45.9 Å². The standard InChI is InChI=1S/C20H16N4O3S2/c1-12-10-28-20(22-12)29-11-14-13-6-2-3-8-16(13)27-17(14)19(26)24-23-18(25)15-7-4-5-9-21-15/h2-10H,11H2,1H3,(H,23,25)(H,24,26). The first-order valence-electron chi connectivity index (χ1n) is 8.69. The normalized spacial score (nSPS) is 10.8. The van der Waals surface area contributed by atoms with Crippen molar-refractivity contribution in [3.8, 4) is 0 Å². The second kappa shape index (κ2) is 8.46. The zero-order valence-corrected chi connectivity index (χ0v) is 17.0. The van der Waals surface area contributed by atoms with Crippen LogP contribution in [0.1, 0.15) is 32.3 Å². The van der Waals surface area contributed by atoms with Crippen molar-refractivity contribution in [3.63, 3.8) is 0 Å². The SMILES string of the molecule is Cc1csc(SCc2c(C(=O)NNC(=O)c3ccccn3)oc3ccccc23)n1. The van der Waals surface area contributed by atoms with Crippen LogP contribution < -0.4 is 10.9 Å². The Labute approximate surface area is 174 Å². The summed E-state index contributed by atoms with van der Waals surface area (Å²) in [6.45, 7) is 1.94. The fourth-order valence-electron chi connectivity index (χ4n) is 2.69. The van der Waals surface area contributed by atoms with Crippen LogP contribution in [-0.2, 0) is 5.75 Å². The van der Waals surface area contributed by atoms with Gasteiger partial charge < -0.3 is 4.42 Å². The van der Waals surface area contributed by atoms with Crippen molar-refractivity contribution in [1.82, 2.24) is 20.8 Å². The van der Waals surface area contributed by atoms with E-state index >= 15 is 0 Å². The van der Waals surface area contributed by atoms with E-state index in [0.29, 0.717) is 11.3 Å². The third kappa shape index (κ3) is 4.30. The summed E-state index contributed by atoms with van der Waals surface area (Å²) in [6, 6.07) is 12.4. The van der Waals surface area contributed by atoms with Crippen LogP contribution in [0.5, 0.6) is 0 Å². The average Bonchev–Trinajstić information content (AvgIpc) is 3.34. The molecule has 1 aromatic carbocycles. The number of nitrogens with one attached hydrogen (secondary N) is 2. The molecule has 0 saturated carbocycles. The number of carbonyl (C=O) groups is 2.